The SMILES string of the molecule is C.C[Si](C)(CCC1CCC2OC2C1)O[Si](C)(C)CCC1CCC2OC2C1.Cc1c(OCC(O)C[N+](C)(C)C)cc2c(=O)c3ccccc3sc2c1C.Cc1ccc([I-]c2ccc(C(C)C)cc2)cc1.[B]c1c(F)c(F)c(F)c(F)c1F.[B]c1cc(C(F)(F)F)cc(C(F)(F)F)c1.[CH2+]C(C)(c1ccc(C)cc1)c1ccc(C(C)C)cc1. The Morgan fingerprint density at radius 3 is 1.43 bits per heavy atom. The first kappa shape index (κ1) is 95.8. The van der Waals surface area contributed by atoms with E-state index in [4.69, 9.17) is 26.2 Å². The van der Waals surface area contributed by atoms with Gasteiger partial charge in [-0.05, 0) is 169 Å². The zero-order valence-corrected chi connectivity index (χ0v) is 73.3. The molecule has 2 saturated carbocycles. The number of aliphatic hydroxyl groups excluding tert-OH is 1. The first-order chi connectivity index (χ1) is 53.1. The van der Waals surface area contributed by atoms with Crippen molar-refractivity contribution in [2.45, 2.75) is 220 Å². The summed E-state index contributed by atoms with van der Waals surface area (Å²) in [7, 11) is 12.6. The minimum absolute atomic E-state index is 0. The summed E-state index contributed by atoms with van der Waals surface area (Å²) in [6, 6.07) is 48.7. The van der Waals surface area contributed by atoms with Gasteiger partial charge < -0.3 is 27.9 Å². The van der Waals surface area contributed by atoms with Crippen LogP contribution in [-0.2, 0) is 31.4 Å². The fourth-order valence-corrected chi connectivity index (χ4v) is 26.6. The first-order valence-electron chi connectivity index (χ1n) is 38.8. The molecule has 2 aliphatic heterocycles. The number of ether oxygens (including phenoxy) is 3. The van der Waals surface area contributed by atoms with E-state index in [1.165, 1.54) is 104 Å². The summed E-state index contributed by atoms with van der Waals surface area (Å²) in [4.78, 5) is 12.9. The molecule has 8 unspecified atom stereocenters. The maximum absolute atomic E-state index is 12.9. The molecule has 2 saturated heterocycles. The van der Waals surface area contributed by atoms with Crippen molar-refractivity contribution in [2.75, 3.05) is 34.3 Å². The van der Waals surface area contributed by atoms with Crippen molar-refractivity contribution >= 4 is 74.8 Å². The normalized spacial score (nSPS) is 18.6. The summed E-state index contributed by atoms with van der Waals surface area (Å²) in [5.41, 5.74) is 5.13. The van der Waals surface area contributed by atoms with Crippen LogP contribution in [0, 0.1) is 82.7 Å². The maximum Gasteiger partial charge on any atom is 0.416 e. The van der Waals surface area contributed by atoms with Gasteiger partial charge in [-0.15, -0.1) is 11.3 Å². The molecular weight excluding hydrogens is 1650 g/mol. The van der Waals surface area contributed by atoms with Crippen LogP contribution in [0.15, 0.2) is 150 Å². The molecule has 0 spiro atoms. The van der Waals surface area contributed by atoms with Crippen LogP contribution in [0.2, 0.25) is 38.3 Å². The molecule has 1 N–H and O–H groups in total. The second kappa shape index (κ2) is 40.6. The Labute approximate surface area is 693 Å². The summed E-state index contributed by atoms with van der Waals surface area (Å²) in [5, 5.41) is 11.6. The topological polar surface area (TPSA) is 80.8 Å². The fourth-order valence-electron chi connectivity index (χ4n) is 14.2. The quantitative estimate of drug-likeness (QED) is 0.01000. The standard InChI is InChI=1S/C21H26NO3S.C20H38O3Si2.C19H23.C16H18I.C8H3BF6.C6BF5.CH4/c1-13-14(2)21-17(20(24)16-8-6-7-9-19(16)26-21)10-18(13)25-12-15(23)11-22(3,4)5;1-24(2,11-9-15-5-7-17-19(13-15)21-17)23-25(3,4)12-10-16-6-8-18-20(14-16)22-18;1-14(2)16-8-12-18(13-9-16)19(4,5)17-10-6-15(3)7-11-17;1-12(2)14-6-10-16(11-7-14)17-15-8-4-13(3)5-9-15;9-6-2-4(7(10,11)12)1-5(3-6)8(13,14)15;7-1-2(8)4(10)6(12)5(11)3(1)9;/h6-10,15,23H,11-12H2,1-5H3;15-20H,5-14H2,1-4H3;6-14H,4H2,1-3,5H3;4-12H,1-3H3;1-3H;;1H4/q+1;;+1;-1;;;. The van der Waals surface area contributed by atoms with Crippen LogP contribution in [0.3, 0.4) is 0 Å². The van der Waals surface area contributed by atoms with Gasteiger partial charge in [-0.1, -0.05) is 118 Å². The number of fused-ring (bicyclic) bond motifs is 4. The van der Waals surface area contributed by atoms with Gasteiger partial charge in [0.15, 0.2) is 56.6 Å². The van der Waals surface area contributed by atoms with Crippen LogP contribution in [0.1, 0.15) is 161 Å². The first-order valence-corrected chi connectivity index (χ1v) is 48.0. The molecule has 4 fully saturated rings. The number of likely N-dealkylation sites (N-methyl/N-ethyl adjacent to an activating group) is 1. The molecular formula is C91H112B2F11INO6SSi2+. The van der Waals surface area contributed by atoms with Crippen molar-refractivity contribution in [3.8, 4) is 5.75 Å². The number of alkyl halides is 6. The zero-order valence-electron chi connectivity index (χ0n) is 68.3. The van der Waals surface area contributed by atoms with Crippen molar-refractivity contribution in [3.05, 3.63) is 255 Å². The van der Waals surface area contributed by atoms with E-state index in [-0.39, 0.29) is 52.1 Å². The van der Waals surface area contributed by atoms with Crippen molar-refractivity contribution < 1.29 is 97.4 Å². The van der Waals surface area contributed by atoms with E-state index in [1.54, 1.807) is 11.3 Å². The molecule has 8 aromatic carbocycles. The van der Waals surface area contributed by atoms with Crippen molar-refractivity contribution in [1.82, 2.24) is 0 Å². The van der Waals surface area contributed by atoms with Crippen molar-refractivity contribution in [2.24, 2.45) is 11.8 Å². The van der Waals surface area contributed by atoms with Crippen LogP contribution in [-0.4, -0.2) is 107 Å². The smallest absolute Gasteiger partial charge is 0.204 e. The Morgan fingerprint density at radius 1 is 0.574 bits per heavy atom. The summed E-state index contributed by atoms with van der Waals surface area (Å²) < 4.78 is 164. The van der Waals surface area contributed by atoms with Crippen LogP contribution in [0.4, 0.5) is 48.3 Å². The molecule has 4 radical (unpaired) electrons. The Hall–Kier alpha value is -6.36. The number of quaternary nitrogens is 1. The van der Waals surface area contributed by atoms with Crippen molar-refractivity contribution in [1.29, 1.82) is 0 Å². The van der Waals surface area contributed by atoms with E-state index in [1.807, 2.05) is 65.3 Å². The number of aliphatic hydroxyl groups is 1. The summed E-state index contributed by atoms with van der Waals surface area (Å²) in [6.45, 7) is 34.5. The Balaban J connectivity index is 0.000000194. The number of aryl methyl sites for hydroxylation is 3. The van der Waals surface area contributed by atoms with E-state index >= 15 is 0 Å². The van der Waals surface area contributed by atoms with Crippen LogP contribution in [0.5, 0.6) is 5.75 Å². The molecule has 0 amide bonds. The molecule has 0 bridgehead atoms. The van der Waals surface area contributed by atoms with Gasteiger partial charge in [0, 0.05) is 31.3 Å². The summed E-state index contributed by atoms with van der Waals surface area (Å²) in [5.74, 6) is -6.62. The van der Waals surface area contributed by atoms with Gasteiger partial charge in [-0.3, -0.25) is 4.79 Å². The molecule has 2 aliphatic carbocycles. The largest absolute Gasteiger partial charge is 0.416 e. The number of hydrogen-bond acceptors (Lipinski definition) is 7. The molecule has 8 atom stereocenters. The Kier molecular flexibility index (Phi) is 33.8. The summed E-state index contributed by atoms with van der Waals surface area (Å²) >= 11 is 1.62. The fraction of sp³-hybridized carbons (Fsp3) is 0.451. The van der Waals surface area contributed by atoms with Crippen LogP contribution < -0.4 is 42.3 Å². The van der Waals surface area contributed by atoms with E-state index < -0.39 is 86.2 Å². The van der Waals surface area contributed by atoms with Gasteiger partial charge >= 0.3 is 127 Å². The van der Waals surface area contributed by atoms with E-state index in [2.05, 4.69) is 186 Å². The average molecular weight is 1760 g/mol. The predicted molar refractivity (Wildman–Crippen MR) is 449 cm³/mol. The maximum atomic E-state index is 12.9. The number of halogens is 12. The molecule has 3 heterocycles. The van der Waals surface area contributed by atoms with Gasteiger partial charge in [0.25, 0.3) is 0 Å². The number of rotatable bonds is 19. The van der Waals surface area contributed by atoms with Gasteiger partial charge in [0.05, 0.1) is 63.6 Å². The molecule has 7 nitrogen and oxygen atoms in total. The molecule has 9 aromatic rings. The molecule has 13 rings (SSSR count). The average Bonchev–Trinajstić information content (AvgIpc) is 1.59. The number of hydrogen-bond donors (Lipinski definition) is 1. The number of nitrogens with zero attached hydrogens (tertiary/aromatic N) is 1. The predicted octanol–water partition coefficient (Wildman–Crippen LogP) is 19.6. The minimum Gasteiger partial charge on any atom is -0.204 e. The molecule has 115 heavy (non-hydrogen) atoms. The van der Waals surface area contributed by atoms with Gasteiger partial charge in [0.1, 0.15) is 40.7 Å². The molecule has 24 heteroatoms. The van der Waals surface area contributed by atoms with E-state index in [9.17, 15) is 58.2 Å². The van der Waals surface area contributed by atoms with Gasteiger partial charge in [0.2, 0.25) is 0 Å². The third-order valence-electron chi connectivity index (χ3n) is 21.2. The molecule has 1 aromatic heterocycles. The molecule has 4 aliphatic rings. The number of benzene rings is 8. The van der Waals surface area contributed by atoms with E-state index in [0.29, 0.717) is 70.5 Å². The Bertz CT molecular complexity index is 4550. The van der Waals surface area contributed by atoms with Gasteiger partial charge in [-0.2, -0.15) is 26.3 Å². The van der Waals surface area contributed by atoms with Gasteiger partial charge in [-0.25, -0.2) is 22.0 Å². The van der Waals surface area contributed by atoms with Crippen molar-refractivity contribution in [3.63, 3.8) is 0 Å². The van der Waals surface area contributed by atoms with Crippen LogP contribution in [0.25, 0.3) is 20.2 Å². The third-order valence-corrected chi connectivity index (χ3v) is 32.6. The number of epoxide rings is 2. The van der Waals surface area contributed by atoms with Crippen LogP contribution >= 0.6 is 11.3 Å². The minimum atomic E-state index is -4.84. The Morgan fingerprint density at radius 2 is 0.991 bits per heavy atom. The monoisotopic (exact) mass is 1760 g/mol. The second-order valence-electron chi connectivity index (χ2n) is 33.7. The third kappa shape index (κ3) is 28.1. The van der Waals surface area contributed by atoms with E-state index in [0.717, 1.165) is 37.7 Å². The second-order valence-corrected chi connectivity index (χ2v) is 46.7. The molecule has 620 valence electrons. The zero-order chi connectivity index (χ0) is 84.3. The summed E-state index contributed by atoms with van der Waals surface area (Å²) in [6.07, 6.45) is 3.08.